The summed E-state index contributed by atoms with van der Waals surface area (Å²) in [5, 5.41) is 19.8. The monoisotopic (exact) mass is 347 g/mol. The van der Waals surface area contributed by atoms with Gasteiger partial charge in [-0.2, -0.15) is 0 Å². The first kappa shape index (κ1) is 17.4. The number of aliphatic hydroxyl groups is 1. The smallest absolute Gasteiger partial charge is 0.260 e. The van der Waals surface area contributed by atoms with Gasteiger partial charge in [-0.25, -0.2) is 8.78 Å². The molecule has 1 saturated heterocycles. The van der Waals surface area contributed by atoms with Crippen molar-refractivity contribution in [2.75, 3.05) is 6.54 Å². The van der Waals surface area contributed by atoms with E-state index in [-0.39, 0.29) is 12.5 Å². The number of phenols is 1. The van der Waals surface area contributed by atoms with Gasteiger partial charge in [0.05, 0.1) is 6.10 Å². The van der Waals surface area contributed by atoms with Crippen LogP contribution < -0.4 is 0 Å². The number of aromatic hydroxyl groups is 1. The van der Waals surface area contributed by atoms with Gasteiger partial charge in [0.2, 0.25) is 0 Å². The number of amides is 1. The van der Waals surface area contributed by atoms with Gasteiger partial charge in [-0.15, -0.1) is 0 Å². The number of carbonyl (C=O) groups excluding carboxylic acids is 1. The van der Waals surface area contributed by atoms with Crippen molar-refractivity contribution in [2.45, 2.75) is 31.4 Å². The first-order chi connectivity index (χ1) is 12.0. The summed E-state index contributed by atoms with van der Waals surface area (Å²) in [5.41, 5.74) is -0.0161. The maximum absolute atomic E-state index is 14.0. The van der Waals surface area contributed by atoms with E-state index in [2.05, 4.69) is 0 Å². The van der Waals surface area contributed by atoms with Crippen molar-refractivity contribution >= 4 is 5.91 Å². The number of phenolic OH excluding ortho intramolecular Hbond substituents is 1. The average molecular weight is 347 g/mol. The van der Waals surface area contributed by atoms with Crippen molar-refractivity contribution in [1.82, 2.24) is 4.90 Å². The summed E-state index contributed by atoms with van der Waals surface area (Å²) in [6.45, 7) is 0.361. The Bertz CT molecular complexity index is 767. The number of halogens is 2. The van der Waals surface area contributed by atoms with E-state index in [1.165, 1.54) is 4.90 Å². The van der Waals surface area contributed by atoms with Gasteiger partial charge in [-0.3, -0.25) is 4.79 Å². The molecule has 0 aliphatic carbocycles. The molecule has 1 heterocycles. The first-order valence-electron chi connectivity index (χ1n) is 8.20. The van der Waals surface area contributed by atoms with Gasteiger partial charge in [-0.1, -0.05) is 30.3 Å². The maximum atomic E-state index is 14.0. The zero-order valence-electron chi connectivity index (χ0n) is 13.5. The van der Waals surface area contributed by atoms with Crippen molar-refractivity contribution < 1.29 is 23.8 Å². The summed E-state index contributed by atoms with van der Waals surface area (Å²) < 4.78 is 28.0. The lowest BCUT2D eigenvalue weighted by atomic mass is 10.00. The number of hydrogen-bond acceptors (Lipinski definition) is 3. The molecule has 132 valence electrons. The second-order valence-electron chi connectivity index (χ2n) is 6.21. The van der Waals surface area contributed by atoms with Crippen LogP contribution in [0.4, 0.5) is 8.78 Å². The third kappa shape index (κ3) is 3.49. The second kappa shape index (κ2) is 7.19. The van der Waals surface area contributed by atoms with Crippen LogP contribution in [0.1, 0.15) is 41.3 Å². The molecule has 2 atom stereocenters. The normalized spacial score (nSPS) is 18.4. The van der Waals surface area contributed by atoms with Crippen LogP contribution in [0.15, 0.2) is 42.5 Å². The van der Waals surface area contributed by atoms with Crippen LogP contribution in [0.5, 0.6) is 5.75 Å². The van der Waals surface area contributed by atoms with Crippen LogP contribution in [0.25, 0.3) is 0 Å². The Hall–Kier alpha value is -2.47. The van der Waals surface area contributed by atoms with Crippen LogP contribution in [-0.2, 0) is 0 Å². The van der Waals surface area contributed by atoms with E-state index in [0.717, 1.165) is 17.7 Å². The SMILES string of the molecule is O=C(c1c(F)ccc(O)c1F)N1CCCC1CC(O)c1ccccc1. The Kier molecular flexibility index (Phi) is 4.99. The minimum atomic E-state index is -1.25. The highest BCUT2D eigenvalue weighted by Gasteiger charge is 2.34. The number of aliphatic hydroxyl groups excluding tert-OH is 1. The van der Waals surface area contributed by atoms with E-state index in [1.54, 1.807) is 12.1 Å². The van der Waals surface area contributed by atoms with Crippen molar-refractivity contribution in [3.8, 4) is 5.75 Å². The number of likely N-dealkylation sites (tertiary alicyclic amines) is 1. The molecule has 2 N–H and O–H groups in total. The van der Waals surface area contributed by atoms with Crippen molar-refractivity contribution in [3.05, 3.63) is 65.2 Å². The lowest BCUT2D eigenvalue weighted by Crippen LogP contribution is -2.37. The van der Waals surface area contributed by atoms with E-state index in [1.807, 2.05) is 18.2 Å². The lowest BCUT2D eigenvalue weighted by molar-refractivity contribution is 0.0657. The van der Waals surface area contributed by atoms with Crippen LogP contribution in [0.3, 0.4) is 0 Å². The van der Waals surface area contributed by atoms with Crippen molar-refractivity contribution in [2.24, 2.45) is 0 Å². The average Bonchev–Trinajstić information content (AvgIpc) is 3.07. The molecule has 1 fully saturated rings. The van der Waals surface area contributed by atoms with Crippen LogP contribution >= 0.6 is 0 Å². The lowest BCUT2D eigenvalue weighted by Gasteiger charge is -2.27. The minimum absolute atomic E-state index is 0.289. The molecule has 25 heavy (non-hydrogen) atoms. The van der Waals surface area contributed by atoms with Crippen molar-refractivity contribution in [1.29, 1.82) is 0 Å². The number of carbonyl (C=O) groups is 1. The fourth-order valence-electron chi connectivity index (χ4n) is 3.30. The van der Waals surface area contributed by atoms with Crippen LogP contribution in [0.2, 0.25) is 0 Å². The molecule has 6 heteroatoms. The van der Waals surface area contributed by atoms with Gasteiger partial charge in [0.25, 0.3) is 5.91 Å². The van der Waals surface area contributed by atoms with E-state index < -0.39 is 35.0 Å². The molecule has 0 aromatic heterocycles. The Morgan fingerprint density at radius 1 is 1.20 bits per heavy atom. The molecule has 0 spiro atoms. The first-order valence-corrected chi connectivity index (χ1v) is 8.20. The van der Waals surface area contributed by atoms with Crippen LogP contribution in [-0.4, -0.2) is 33.6 Å². The number of benzene rings is 2. The molecule has 0 saturated carbocycles. The molecule has 2 unspecified atom stereocenters. The summed E-state index contributed by atoms with van der Waals surface area (Å²) in [5.74, 6) is -3.81. The summed E-state index contributed by atoms with van der Waals surface area (Å²) in [6, 6.07) is 10.5. The van der Waals surface area contributed by atoms with Gasteiger partial charge in [0, 0.05) is 12.6 Å². The summed E-state index contributed by atoms with van der Waals surface area (Å²) in [4.78, 5) is 14.0. The van der Waals surface area contributed by atoms with E-state index >= 15 is 0 Å². The highest BCUT2D eigenvalue weighted by molar-refractivity contribution is 5.95. The zero-order chi connectivity index (χ0) is 18.0. The van der Waals surface area contributed by atoms with Gasteiger partial charge in [0.15, 0.2) is 11.6 Å². The quantitative estimate of drug-likeness (QED) is 0.891. The molecule has 3 rings (SSSR count). The third-order valence-corrected chi connectivity index (χ3v) is 4.60. The van der Waals surface area contributed by atoms with Gasteiger partial charge >= 0.3 is 0 Å². The molecule has 1 amide bonds. The molecule has 1 aliphatic heterocycles. The molecule has 0 radical (unpaired) electrons. The fourth-order valence-corrected chi connectivity index (χ4v) is 3.30. The van der Waals surface area contributed by atoms with Gasteiger partial charge in [0.1, 0.15) is 11.4 Å². The fraction of sp³-hybridized carbons (Fsp3) is 0.316. The second-order valence-corrected chi connectivity index (χ2v) is 6.21. The topological polar surface area (TPSA) is 60.8 Å². The Morgan fingerprint density at radius 3 is 2.64 bits per heavy atom. The van der Waals surface area contributed by atoms with E-state index in [9.17, 15) is 23.8 Å². The Balaban J connectivity index is 1.80. The van der Waals surface area contributed by atoms with E-state index in [4.69, 9.17) is 0 Å². The predicted octanol–water partition coefficient (Wildman–Crippen LogP) is 3.40. The standard InChI is InChI=1S/C19H19F2NO3/c20-14-8-9-15(23)18(21)17(14)19(25)22-10-4-7-13(22)11-16(24)12-5-2-1-3-6-12/h1-3,5-6,8-9,13,16,23-24H,4,7,10-11H2. The van der Waals surface area contributed by atoms with Crippen LogP contribution in [0, 0.1) is 11.6 Å². The highest BCUT2D eigenvalue weighted by Crippen LogP contribution is 2.31. The molecule has 0 bridgehead atoms. The Labute approximate surface area is 144 Å². The number of nitrogens with zero attached hydrogens (tertiary/aromatic N) is 1. The largest absolute Gasteiger partial charge is 0.505 e. The van der Waals surface area contributed by atoms with Gasteiger partial charge < -0.3 is 15.1 Å². The molecule has 2 aromatic carbocycles. The number of rotatable bonds is 4. The molecule has 4 nitrogen and oxygen atoms in total. The highest BCUT2D eigenvalue weighted by atomic mass is 19.1. The maximum Gasteiger partial charge on any atom is 0.260 e. The number of hydrogen-bond donors (Lipinski definition) is 2. The third-order valence-electron chi connectivity index (χ3n) is 4.60. The summed E-state index contributed by atoms with van der Waals surface area (Å²) in [6.07, 6.45) is 0.869. The molecular weight excluding hydrogens is 328 g/mol. The zero-order valence-corrected chi connectivity index (χ0v) is 13.5. The van der Waals surface area contributed by atoms with Gasteiger partial charge in [-0.05, 0) is 37.0 Å². The Morgan fingerprint density at radius 2 is 1.92 bits per heavy atom. The molecule has 1 aliphatic rings. The summed E-state index contributed by atoms with van der Waals surface area (Å²) in [7, 11) is 0. The summed E-state index contributed by atoms with van der Waals surface area (Å²) >= 11 is 0. The molecular formula is C19H19F2NO3. The van der Waals surface area contributed by atoms with Crippen molar-refractivity contribution in [3.63, 3.8) is 0 Å². The van der Waals surface area contributed by atoms with E-state index in [0.29, 0.717) is 19.4 Å². The predicted molar refractivity (Wildman–Crippen MR) is 88.1 cm³/mol. The minimum Gasteiger partial charge on any atom is -0.505 e. The molecule has 2 aromatic rings.